The molecule has 0 saturated heterocycles. The molecule has 0 radical (unpaired) electrons. The van der Waals surface area contributed by atoms with Crippen molar-refractivity contribution in [3.8, 4) is 11.1 Å². The van der Waals surface area contributed by atoms with E-state index in [9.17, 15) is 14.0 Å². The van der Waals surface area contributed by atoms with Crippen LogP contribution in [0.3, 0.4) is 0 Å². The van der Waals surface area contributed by atoms with Crippen LogP contribution in [0, 0.1) is 5.82 Å². The van der Waals surface area contributed by atoms with Crippen LogP contribution < -0.4 is 5.56 Å². The van der Waals surface area contributed by atoms with Crippen molar-refractivity contribution in [1.82, 2.24) is 4.98 Å². The molecule has 0 fully saturated rings. The highest BCUT2D eigenvalue weighted by Gasteiger charge is 2.16. The molecule has 0 unspecified atom stereocenters. The van der Waals surface area contributed by atoms with E-state index in [4.69, 9.17) is 4.74 Å². The Kier molecular flexibility index (Phi) is 3.75. The van der Waals surface area contributed by atoms with Gasteiger partial charge in [-0.2, -0.15) is 0 Å². The molecule has 2 rings (SSSR count). The van der Waals surface area contributed by atoms with Gasteiger partial charge in [-0.25, -0.2) is 9.18 Å². The van der Waals surface area contributed by atoms with Gasteiger partial charge in [-0.05, 0) is 13.0 Å². The van der Waals surface area contributed by atoms with Crippen LogP contribution in [0.25, 0.3) is 11.1 Å². The first kappa shape index (κ1) is 13.0. The zero-order valence-corrected chi connectivity index (χ0v) is 10.3. The molecule has 1 heterocycles. The molecule has 0 amide bonds. The Morgan fingerprint density at radius 1 is 1.32 bits per heavy atom. The molecule has 0 bridgehead atoms. The lowest BCUT2D eigenvalue weighted by molar-refractivity contribution is 0.0527. The molecule has 5 heteroatoms. The standard InChI is InChI=1S/C14H12FNO3/c1-2-19-14(18)11-8-16-13(17)7-10(11)9-5-3-4-6-12(9)15/h3-8H,2H2,1H3,(H,16,17). The van der Waals surface area contributed by atoms with Gasteiger partial charge in [0.15, 0.2) is 0 Å². The van der Waals surface area contributed by atoms with Crippen molar-refractivity contribution in [2.45, 2.75) is 6.92 Å². The number of pyridine rings is 1. The van der Waals surface area contributed by atoms with Crippen molar-refractivity contribution in [3.05, 3.63) is 58.3 Å². The zero-order chi connectivity index (χ0) is 13.8. The second-order valence-electron chi connectivity index (χ2n) is 3.82. The van der Waals surface area contributed by atoms with E-state index in [0.29, 0.717) is 0 Å². The predicted molar refractivity (Wildman–Crippen MR) is 68.4 cm³/mol. The van der Waals surface area contributed by atoms with Crippen molar-refractivity contribution in [2.75, 3.05) is 6.61 Å². The van der Waals surface area contributed by atoms with Gasteiger partial charge in [0.2, 0.25) is 5.56 Å². The van der Waals surface area contributed by atoms with E-state index in [1.807, 2.05) is 0 Å². The largest absolute Gasteiger partial charge is 0.462 e. The average Bonchev–Trinajstić information content (AvgIpc) is 2.39. The normalized spacial score (nSPS) is 10.2. The second kappa shape index (κ2) is 5.48. The third kappa shape index (κ3) is 2.70. The highest BCUT2D eigenvalue weighted by Crippen LogP contribution is 2.25. The number of hydrogen-bond donors (Lipinski definition) is 1. The molecule has 2 aromatic rings. The summed E-state index contributed by atoms with van der Waals surface area (Å²) in [5.74, 6) is -1.10. The molecule has 19 heavy (non-hydrogen) atoms. The van der Waals surface area contributed by atoms with E-state index >= 15 is 0 Å². The van der Waals surface area contributed by atoms with Gasteiger partial charge >= 0.3 is 5.97 Å². The van der Waals surface area contributed by atoms with Crippen molar-refractivity contribution < 1.29 is 13.9 Å². The molecule has 98 valence electrons. The van der Waals surface area contributed by atoms with Crippen LogP contribution in [0.15, 0.2) is 41.3 Å². The number of rotatable bonds is 3. The fraction of sp³-hybridized carbons (Fsp3) is 0.143. The molecule has 0 spiro atoms. The molecule has 0 saturated carbocycles. The predicted octanol–water partition coefficient (Wildman–Crippen LogP) is 2.36. The minimum atomic E-state index is -0.600. The smallest absolute Gasteiger partial charge is 0.340 e. The average molecular weight is 261 g/mol. The lowest BCUT2D eigenvalue weighted by Gasteiger charge is -2.09. The van der Waals surface area contributed by atoms with Crippen LogP contribution in [0.2, 0.25) is 0 Å². The van der Waals surface area contributed by atoms with E-state index in [1.54, 1.807) is 13.0 Å². The molecule has 0 atom stereocenters. The molecule has 0 aliphatic carbocycles. The van der Waals surface area contributed by atoms with Gasteiger partial charge in [-0.15, -0.1) is 0 Å². The fourth-order valence-electron chi connectivity index (χ4n) is 1.75. The lowest BCUT2D eigenvalue weighted by atomic mass is 10.0. The maximum absolute atomic E-state index is 13.8. The molecular weight excluding hydrogens is 249 g/mol. The fourth-order valence-corrected chi connectivity index (χ4v) is 1.75. The molecule has 1 N–H and O–H groups in total. The number of esters is 1. The summed E-state index contributed by atoms with van der Waals surface area (Å²) in [6.45, 7) is 1.88. The number of aromatic nitrogens is 1. The van der Waals surface area contributed by atoms with Crippen LogP contribution >= 0.6 is 0 Å². The summed E-state index contributed by atoms with van der Waals surface area (Å²) in [6, 6.07) is 7.13. The van der Waals surface area contributed by atoms with Crippen molar-refractivity contribution in [2.24, 2.45) is 0 Å². The van der Waals surface area contributed by atoms with Crippen LogP contribution in [0.1, 0.15) is 17.3 Å². The number of ether oxygens (including phenoxy) is 1. The number of carbonyl (C=O) groups is 1. The first-order valence-electron chi connectivity index (χ1n) is 5.78. The summed E-state index contributed by atoms with van der Waals surface area (Å²) in [4.78, 5) is 25.6. The number of nitrogens with one attached hydrogen (secondary N) is 1. The van der Waals surface area contributed by atoms with Gasteiger partial charge in [0.05, 0.1) is 12.2 Å². The summed E-state index contributed by atoms with van der Waals surface area (Å²) in [5.41, 5.74) is 0.134. The summed E-state index contributed by atoms with van der Waals surface area (Å²) in [6.07, 6.45) is 1.24. The van der Waals surface area contributed by atoms with Gasteiger partial charge < -0.3 is 9.72 Å². The third-order valence-electron chi connectivity index (χ3n) is 2.58. The Bertz CT molecular complexity index is 664. The number of hydrogen-bond acceptors (Lipinski definition) is 3. The topological polar surface area (TPSA) is 59.2 Å². The molecule has 0 aliphatic heterocycles. The number of halogens is 1. The summed E-state index contributed by atoms with van der Waals surface area (Å²) in [5, 5.41) is 0. The summed E-state index contributed by atoms with van der Waals surface area (Å²) < 4.78 is 18.7. The van der Waals surface area contributed by atoms with Crippen molar-refractivity contribution in [1.29, 1.82) is 0 Å². The highest BCUT2D eigenvalue weighted by molar-refractivity contribution is 5.96. The molecule has 4 nitrogen and oxygen atoms in total. The second-order valence-corrected chi connectivity index (χ2v) is 3.82. The number of aromatic amines is 1. The molecule has 0 aliphatic rings. The van der Waals surface area contributed by atoms with Gasteiger partial charge in [-0.3, -0.25) is 4.79 Å². The van der Waals surface area contributed by atoms with Gasteiger partial charge in [-0.1, -0.05) is 18.2 Å². The number of benzene rings is 1. The van der Waals surface area contributed by atoms with E-state index in [1.165, 1.54) is 30.5 Å². The number of H-pyrrole nitrogens is 1. The quantitative estimate of drug-likeness (QED) is 0.863. The number of carbonyl (C=O) groups excluding carboxylic acids is 1. The Balaban J connectivity index is 2.62. The van der Waals surface area contributed by atoms with Gasteiger partial charge in [0.1, 0.15) is 5.82 Å². The van der Waals surface area contributed by atoms with Gasteiger partial charge in [0.25, 0.3) is 0 Å². The monoisotopic (exact) mass is 261 g/mol. The van der Waals surface area contributed by atoms with E-state index in [0.717, 1.165) is 0 Å². The van der Waals surface area contributed by atoms with E-state index in [2.05, 4.69) is 4.98 Å². The zero-order valence-electron chi connectivity index (χ0n) is 10.3. The molecule has 1 aromatic heterocycles. The third-order valence-corrected chi connectivity index (χ3v) is 2.58. The Morgan fingerprint density at radius 3 is 2.74 bits per heavy atom. The minimum absolute atomic E-state index is 0.131. The maximum Gasteiger partial charge on any atom is 0.340 e. The van der Waals surface area contributed by atoms with E-state index in [-0.39, 0.29) is 23.3 Å². The van der Waals surface area contributed by atoms with Gasteiger partial charge in [0, 0.05) is 23.4 Å². The lowest BCUT2D eigenvalue weighted by Crippen LogP contribution is -2.12. The Hall–Kier alpha value is -2.43. The van der Waals surface area contributed by atoms with Crippen molar-refractivity contribution in [3.63, 3.8) is 0 Å². The van der Waals surface area contributed by atoms with Crippen molar-refractivity contribution >= 4 is 5.97 Å². The maximum atomic E-state index is 13.8. The minimum Gasteiger partial charge on any atom is -0.462 e. The highest BCUT2D eigenvalue weighted by atomic mass is 19.1. The van der Waals surface area contributed by atoms with Crippen LogP contribution in [0.4, 0.5) is 4.39 Å². The summed E-state index contributed by atoms with van der Waals surface area (Å²) in [7, 11) is 0. The first-order valence-corrected chi connectivity index (χ1v) is 5.78. The van der Waals surface area contributed by atoms with Crippen LogP contribution in [-0.4, -0.2) is 17.6 Å². The summed E-state index contributed by atoms with van der Waals surface area (Å²) >= 11 is 0. The van der Waals surface area contributed by atoms with Crippen LogP contribution in [-0.2, 0) is 4.74 Å². The van der Waals surface area contributed by atoms with Crippen LogP contribution in [0.5, 0.6) is 0 Å². The Labute approximate surface area is 108 Å². The van der Waals surface area contributed by atoms with E-state index < -0.39 is 17.3 Å². The first-order chi connectivity index (χ1) is 9.13. The molecular formula is C14H12FNO3. The molecule has 1 aromatic carbocycles. The Morgan fingerprint density at radius 2 is 2.05 bits per heavy atom. The SMILES string of the molecule is CCOC(=O)c1c[nH]c(=O)cc1-c1ccccc1F.